The Labute approximate surface area is 140 Å². The molecule has 1 unspecified atom stereocenters. The van der Waals surface area contributed by atoms with Crippen molar-refractivity contribution in [1.82, 2.24) is 0 Å². The van der Waals surface area contributed by atoms with Gasteiger partial charge in [-0.2, -0.15) is 0 Å². The first-order chi connectivity index (χ1) is 10.9. The molecule has 0 bridgehead atoms. The van der Waals surface area contributed by atoms with Crippen LogP contribution in [0, 0.1) is 5.41 Å². The van der Waals surface area contributed by atoms with Crippen molar-refractivity contribution in [3.8, 4) is 5.75 Å². The molecule has 0 amide bonds. The number of benzene rings is 2. The Hall–Kier alpha value is -1.76. The Morgan fingerprint density at radius 3 is 1.96 bits per heavy atom. The van der Waals surface area contributed by atoms with Crippen molar-refractivity contribution in [2.45, 2.75) is 58.5 Å². The first-order valence-electron chi connectivity index (χ1n) is 8.77. The molecule has 0 radical (unpaired) electrons. The maximum atomic E-state index is 6.74. The molecular weight excluding hydrogens is 280 g/mol. The fraction of sp³-hybridized carbons (Fsp3) is 0.455. The molecule has 3 rings (SSSR count). The molecule has 0 aliphatic carbocycles. The van der Waals surface area contributed by atoms with E-state index in [1.165, 1.54) is 11.1 Å². The minimum atomic E-state index is -0.338. The zero-order valence-corrected chi connectivity index (χ0v) is 15.0. The number of para-hydroxylation sites is 1. The van der Waals surface area contributed by atoms with Crippen LogP contribution in [-0.2, 0) is 11.0 Å². The largest absolute Gasteiger partial charge is 0.482 e. The summed E-state index contributed by atoms with van der Waals surface area (Å²) >= 11 is 0. The third-order valence-corrected chi connectivity index (χ3v) is 6.52. The van der Waals surface area contributed by atoms with Crippen LogP contribution in [0.1, 0.15) is 58.6 Å². The molecule has 2 aromatic carbocycles. The van der Waals surface area contributed by atoms with Gasteiger partial charge in [0, 0.05) is 16.4 Å². The van der Waals surface area contributed by atoms with E-state index in [4.69, 9.17) is 4.74 Å². The fourth-order valence-corrected chi connectivity index (χ4v) is 5.14. The van der Waals surface area contributed by atoms with Gasteiger partial charge in [0.1, 0.15) is 11.4 Å². The first kappa shape index (κ1) is 16.1. The zero-order chi connectivity index (χ0) is 16.7. The normalized spacial score (nSPS) is 24.6. The number of hydrogen-bond acceptors (Lipinski definition) is 1. The van der Waals surface area contributed by atoms with Gasteiger partial charge in [0.05, 0.1) is 0 Å². The van der Waals surface area contributed by atoms with Crippen LogP contribution in [0.15, 0.2) is 54.6 Å². The lowest BCUT2D eigenvalue weighted by Gasteiger charge is -2.60. The smallest absolute Gasteiger partial charge is 0.138 e. The molecule has 0 aromatic heterocycles. The molecule has 0 spiro atoms. The van der Waals surface area contributed by atoms with Crippen LogP contribution in [0.25, 0.3) is 0 Å². The maximum absolute atomic E-state index is 6.74. The van der Waals surface area contributed by atoms with E-state index < -0.39 is 0 Å². The lowest BCUT2D eigenvalue weighted by Crippen LogP contribution is -2.60. The van der Waals surface area contributed by atoms with E-state index >= 15 is 0 Å². The summed E-state index contributed by atoms with van der Waals surface area (Å²) < 4.78 is 6.74. The Kier molecular flexibility index (Phi) is 3.78. The van der Waals surface area contributed by atoms with E-state index in [9.17, 15) is 0 Å². The molecular formula is C22H28O. The highest BCUT2D eigenvalue weighted by Crippen LogP contribution is 2.63. The van der Waals surface area contributed by atoms with Crippen LogP contribution in [0.4, 0.5) is 0 Å². The molecule has 1 heteroatoms. The van der Waals surface area contributed by atoms with Gasteiger partial charge in [0.25, 0.3) is 0 Å². The van der Waals surface area contributed by atoms with Crippen molar-refractivity contribution in [3.05, 3.63) is 65.7 Å². The predicted octanol–water partition coefficient (Wildman–Crippen LogP) is 6.08. The lowest BCUT2D eigenvalue weighted by molar-refractivity contribution is -0.122. The third-order valence-electron chi connectivity index (χ3n) is 6.52. The van der Waals surface area contributed by atoms with Crippen LogP contribution < -0.4 is 4.74 Å². The number of ether oxygens (including phenoxy) is 1. The Balaban J connectivity index is 2.32. The van der Waals surface area contributed by atoms with E-state index in [0.717, 1.165) is 18.6 Å². The summed E-state index contributed by atoms with van der Waals surface area (Å²) in [5.41, 5.74) is 2.34. The van der Waals surface area contributed by atoms with Crippen LogP contribution in [0.5, 0.6) is 5.75 Å². The second-order valence-electron chi connectivity index (χ2n) is 7.41. The molecule has 1 atom stereocenters. The fourth-order valence-electron chi connectivity index (χ4n) is 5.14. The molecule has 0 fully saturated rings. The zero-order valence-electron chi connectivity index (χ0n) is 15.0. The SMILES string of the molecule is CCC1(CC)C(C)(C)c2ccccc2OC1(C)c1ccccc1. The van der Waals surface area contributed by atoms with Crippen LogP contribution in [0.2, 0.25) is 0 Å². The first-order valence-corrected chi connectivity index (χ1v) is 8.77. The number of hydrogen-bond donors (Lipinski definition) is 0. The second-order valence-corrected chi connectivity index (χ2v) is 7.41. The molecule has 1 aliphatic heterocycles. The minimum Gasteiger partial charge on any atom is -0.482 e. The van der Waals surface area contributed by atoms with Gasteiger partial charge in [-0.15, -0.1) is 0 Å². The lowest BCUT2D eigenvalue weighted by atomic mass is 9.49. The van der Waals surface area contributed by atoms with E-state index in [-0.39, 0.29) is 16.4 Å². The van der Waals surface area contributed by atoms with Gasteiger partial charge in [-0.25, -0.2) is 0 Å². The van der Waals surface area contributed by atoms with Gasteiger partial charge in [-0.1, -0.05) is 76.2 Å². The van der Waals surface area contributed by atoms with E-state index in [1.54, 1.807) is 0 Å². The summed E-state index contributed by atoms with van der Waals surface area (Å²) in [5.74, 6) is 1.03. The van der Waals surface area contributed by atoms with Gasteiger partial charge in [0.15, 0.2) is 0 Å². The summed E-state index contributed by atoms with van der Waals surface area (Å²) in [6.07, 6.45) is 2.16. The molecule has 0 N–H and O–H groups in total. The van der Waals surface area contributed by atoms with Crippen LogP contribution >= 0.6 is 0 Å². The van der Waals surface area contributed by atoms with Crippen molar-refractivity contribution >= 4 is 0 Å². The molecule has 1 nitrogen and oxygen atoms in total. The van der Waals surface area contributed by atoms with Crippen molar-refractivity contribution in [3.63, 3.8) is 0 Å². The van der Waals surface area contributed by atoms with Crippen molar-refractivity contribution in [2.75, 3.05) is 0 Å². The van der Waals surface area contributed by atoms with Gasteiger partial charge >= 0.3 is 0 Å². The topological polar surface area (TPSA) is 9.23 Å². The Bertz CT molecular complexity index is 682. The summed E-state index contributed by atoms with van der Waals surface area (Å²) in [4.78, 5) is 0. The molecule has 0 saturated heterocycles. The average Bonchev–Trinajstić information content (AvgIpc) is 2.56. The molecule has 0 saturated carbocycles. The van der Waals surface area contributed by atoms with Crippen molar-refractivity contribution < 1.29 is 4.74 Å². The average molecular weight is 308 g/mol. The summed E-state index contributed by atoms with van der Waals surface area (Å²) in [6.45, 7) is 11.7. The molecule has 23 heavy (non-hydrogen) atoms. The van der Waals surface area contributed by atoms with Crippen LogP contribution in [-0.4, -0.2) is 0 Å². The van der Waals surface area contributed by atoms with Crippen molar-refractivity contribution in [1.29, 1.82) is 0 Å². The highest BCUT2D eigenvalue weighted by molar-refractivity contribution is 5.47. The monoisotopic (exact) mass is 308 g/mol. The quantitative estimate of drug-likeness (QED) is 0.668. The standard InChI is InChI=1S/C22H28O/c1-6-22(7-2)20(3,4)18-15-11-12-16-19(18)23-21(22,5)17-13-9-8-10-14-17/h8-16H,6-7H2,1-5H3. The van der Waals surface area contributed by atoms with Gasteiger partial charge < -0.3 is 4.74 Å². The van der Waals surface area contributed by atoms with Crippen molar-refractivity contribution in [2.24, 2.45) is 5.41 Å². The second kappa shape index (κ2) is 5.40. The van der Waals surface area contributed by atoms with Gasteiger partial charge in [0.2, 0.25) is 0 Å². The molecule has 1 heterocycles. The maximum Gasteiger partial charge on any atom is 0.138 e. The van der Waals surface area contributed by atoms with Gasteiger partial charge in [-0.05, 0) is 31.4 Å². The number of fused-ring (bicyclic) bond motifs is 1. The van der Waals surface area contributed by atoms with E-state index in [0.29, 0.717) is 0 Å². The van der Waals surface area contributed by atoms with Gasteiger partial charge in [-0.3, -0.25) is 0 Å². The summed E-state index contributed by atoms with van der Waals surface area (Å²) in [5, 5.41) is 0. The third kappa shape index (κ3) is 1.99. The van der Waals surface area contributed by atoms with Crippen LogP contribution in [0.3, 0.4) is 0 Å². The Morgan fingerprint density at radius 1 is 0.783 bits per heavy atom. The predicted molar refractivity (Wildman–Crippen MR) is 96.9 cm³/mol. The molecule has 2 aromatic rings. The van der Waals surface area contributed by atoms with E-state index in [1.807, 2.05) is 0 Å². The molecule has 1 aliphatic rings. The van der Waals surface area contributed by atoms with E-state index in [2.05, 4.69) is 89.2 Å². The highest BCUT2D eigenvalue weighted by atomic mass is 16.5. The highest BCUT2D eigenvalue weighted by Gasteiger charge is 2.61. The number of rotatable bonds is 3. The summed E-state index contributed by atoms with van der Waals surface area (Å²) in [6, 6.07) is 19.3. The summed E-state index contributed by atoms with van der Waals surface area (Å²) in [7, 11) is 0. The Morgan fingerprint density at radius 2 is 1.35 bits per heavy atom. The minimum absolute atomic E-state index is 0.0374. The molecule has 122 valence electrons.